The lowest BCUT2D eigenvalue weighted by Crippen LogP contribution is -2.25. The van der Waals surface area contributed by atoms with E-state index in [2.05, 4.69) is 16.9 Å². The van der Waals surface area contributed by atoms with Gasteiger partial charge in [-0.05, 0) is 31.6 Å². The molecule has 2 unspecified atom stereocenters. The average molecular weight is 292 g/mol. The molecule has 1 saturated carbocycles. The van der Waals surface area contributed by atoms with Gasteiger partial charge in [0.15, 0.2) is 0 Å². The van der Waals surface area contributed by atoms with Gasteiger partial charge in [-0.2, -0.15) is 0 Å². The van der Waals surface area contributed by atoms with Crippen molar-refractivity contribution in [3.05, 3.63) is 0 Å². The number of carbonyl (C=O) groups excluding carboxylic acids is 2. The molecular weight excluding hydrogens is 264 g/mol. The van der Waals surface area contributed by atoms with Gasteiger partial charge in [0.2, 0.25) is 12.2 Å². The summed E-state index contributed by atoms with van der Waals surface area (Å²) in [7, 11) is 0. The van der Waals surface area contributed by atoms with Crippen molar-refractivity contribution < 1.29 is 9.59 Å². The van der Waals surface area contributed by atoms with Crippen molar-refractivity contribution in [2.75, 3.05) is 0 Å². The van der Waals surface area contributed by atoms with Crippen LogP contribution in [-0.2, 0) is 9.59 Å². The Balaban J connectivity index is 2.54. The van der Waals surface area contributed by atoms with Gasteiger partial charge in [0.1, 0.15) is 0 Å². The van der Waals surface area contributed by atoms with Crippen LogP contribution < -0.4 is 0 Å². The molecule has 0 saturated heterocycles. The molecule has 2 atom stereocenters. The zero-order valence-electron chi connectivity index (χ0n) is 13.2. The van der Waals surface area contributed by atoms with E-state index >= 15 is 0 Å². The second-order valence-electron chi connectivity index (χ2n) is 6.15. The molecule has 118 valence electrons. The summed E-state index contributed by atoms with van der Waals surface area (Å²) in [6, 6.07) is -0.0561. The molecule has 0 radical (unpaired) electrons. The number of nitrogens with zero attached hydrogens (tertiary/aromatic N) is 2. The van der Waals surface area contributed by atoms with Crippen LogP contribution in [0, 0.1) is 5.92 Å². The Hall–Kier alpha value is -1.24. The van der Waals surface area contributed by atoms with Crippen LogP contribution in [0.15, 0.2) is 9.98 Å². The topological polar surface area (TPSA) is 58.9 Å². The number of unbranched alkanes of at least 4 members (excludes halogenated alkanes) is 3. The van der Waals surface area contributed by atoms with Crippen LogP contribution in [-0.4, -0.2) is 24.2 Å². The Kier molecular flexibility index (Phi) is 9.69. The Morgan fingerprint density at radius 2 is 1.71 bits per heavy atom. The van der Waals surface area contributed by atoms with Crippen LogP contribution in [0.25, 0.3) is 0 Å². The van der Waals surface area contributed by atoms with E-state index in [1.165, 1.54) is 38.5 Å². The molecule has 21 heavy (non-hydrogen) atoms. The van der Waals surface area contributed by atoms with Crippen molar-refractivity contribution >= 4 is 12.2 Å². The van der Waals surface area contributed by atoms with Crippen LogP contribution >= 0.6 is 0 Å². The Bertz CT molecular complexity index is 365. The van der Waals surface area contributed by atoms with Crippen LogP contribution in [0.3, 0.4) is 0 Å². The second kappa shape index (κ2) is 11.4. The van der Waals surface area contributed by atoms with Gasteiger partial charge < -0.3 is 0 Å². The molecule has 0 aromatic carbocycles. The molecule has 1 rings (SSSR count). The molecule has 1 fully saturated rings. The third-order valence-electron chi connectivity index (χ3n) is 4.55. The van der Waals surface area contributed by atoms with Gasteiger partial charge >= 0.3 is 0 Å². The summed E-state index contributed by atoms with van der Waals surface area (Å²) >= 11 is 0. The van der Waals surface area contributed by atoms with Crippen LogP contribution in [0.5, 0.6) is 0 Å². The number of hydrogen-bond donors (Lipinski definition) is 0. The van der Waals surface area contributed by atoms with Gasteiger partial charge in [-0.15, -0.1) is 0 Å². The summed E-state index contributed by atoms with van der Waals surface area (Å²) in [5, 5.41) is 0. The van der Waals surface area contributed by atoms with Crippen molar-refractivity contribution in [1.82, 2.24) is 0 Å². The monoisotopic (exact) mass is 292 g/mol. The fraction of sp³-hybridized carbons (Fsp3) is 0.882. The molecule has 4 heteroatoms. The highest BCUT2D eigenvalue weighted by molar-refractivity contribution is 5.34. The third-order valence-corrected chi connectivity index (χ3v) is 4.55. The standard InChI is InChI=1S/C17H28N2O2/c1-2-3-4-8-11-16(18-13-20)12-17(19-14-21)15-9-6-5-7-10-15/h15-17H,2-12H2,1H3. The average Bonchev–Trinajstić information content (AvgIpc) is 2.52. The second-order valence-corrected chi connectivity index (χ2v) is 6.15. The molecule has 0 bridgehead atoms. The lowest BCUT2D eigenvalue weighted by atomic mass is 9.81. The maximum Gasteiger partial charge on any atom is 0.235 e. The molecule has 0 spiro atoms. The number of aliphatic imine (C=N–C) groups is 2. The van der Waals surface area contributed by atoms with Crippen molar-refractivity contribution in [1.29, 1.82) is 0 Å². The van der Waals surface area contributed by atoms with E-state index < -0.39 is 0 Å². The molecule has 0 N–H and O–H groups in total. The number of hydrogen-bond acceptors (Lipinski definition) is 4. The molecule has 0 aliphatic heterocycles. The van der Waals surface area contributed by atoms with E-state index in [0.29, 0.717) is 12.3 Å². The number of rotatable bonds is 10. The molecule has 1 aliphatic rings. The lowest BCUT2D eigenvalue weighted by Gasteiger charge is -2.28. The molecule has 0 aromatic heterocycles. The van der Waals surface area contributed by atoms with Crippen molar-refractivity contribution in [3.63, 3.8) is 0 Å². The Morgan fingerprint density at radius 3 is 2.33 bits per heavy atom. The van der Waals surface area contributed by atoms with E-state index in [-0.39, 0.29) is 12.1 Å². The summed E-state index contributed by atoms with van der Waals surface area (Å²) < 4.78 is 0. The SMILES string of the molecule is CCCCCCC(CC(N=C=O)C1CCCCC1)N=C=O. The van der Waals surface area contributed by atoms with Gasteiger partial charge in [-0.3, -0.25) is 0 Å². The maximum atomic E-state index is 10.7. The van der Waals surface area contributed by atoms with Crippen molar-refractivity contribution in [2.45, 2.75) is 89.6 Å². The lowest BCUT2D eigenvalue weighted by molar-refractivity contribution is 0.282. The Morgan fingerprint density at radius 1 is 1.00 bits per heavy atom. The molecule has 0 aromatic rings. The summed E-state index contributed by atoms with van der Waals surface area (Å²) in [6.07, 6.45) is 15.6. The molecule has 4 nitrogen and oxygen atoms in total. The van der Waals surface area contributed by atoms with Crippen molar-refractivity contribution in [2.24, 2.45) is 15.9 Å². The molecule has 0 amide bonds. The minimum Gasteiger partial charge on any atom is -0.211 e. The highest BCUT2D eigenvalue weighted by Crippen LogP contribution is 2.31. The Labute approximate surface area is 128 Å². The van der Waals surface area contributed by atoms with Crippen LogP contribution in [0.4, 0.5) is 0 Å². The van der Waals surface area contributed by atoms with Gasteiger partial charge in [-0.1, -0.05) is 51.9 Å². The van der Waals surface area contributed by atoms with Gasteiger partial charge in [-0.25, -0.2) is 19.6 Å². The molecular formula is C17H28N2O2. The highest BCUT2D eigenvalue weighted by Gasteiger charge is 2.26. The van der Waals surface area contributed by atoms with Gasteiger partial charge in [0.25, 0.3) is 0 Å². The first-order valence-electron chi connectivity index (χ1n) is 8.45. The summed E-state index contributed by atoms with van der Waals surface area (Å²) in [6.45, 7) is 2.18. The van der Waals surface area contributed by atoms with Crippen molar-refractivity contribution in [3.8, 4) is 0 Å². The summed E-state index contributed by atoms with van der Waals surface area (Å²) in [5.74, 6) is 0.459. The molecule has 0 heterocycles. The van der Waals surface area contributed by atoms with E-state index in [1.54, 1.807) is 12.2 Å². The normalized spacial score (nSPS) is 18.3. The largest absolute Gasteiger partial charge is 0.235 e. The summed E-state index contributed by atoms with van der Waals surface area (Å²) in [4.78, 5) is 29.3. The fourth-order valence-corrected chi connectivity index (χ4v) is 3.33. The van der Waals surface area contributed by atoms with E-state index in [4.69, 9.17) is 0 Å². The minimum atomic E-state index is -0.0385. The van der Waals surface area contributed by atoms with E-state index in [9.17, 15) is 9.59 Å². The quantitative estimate of drug-likeness (QED) is 0.342. The predicted molar refractivity (Wildman–Crippen MR) is 83.8 cm³/mol. The zero-order chi connectivity index (χ0) is 15.3. The maximum absolute atomic E-state index is 10.7. The van der Waals surface area contributed by atoms with Gasteiger partial charge in [0, 0.05) is 0 Å². The summed E-state index contributed by atoms with van der Waals surface area (Å²) in [5.41, 5.74) is 0. The minimum absolute atomic E-state index is 0.0175. The first-order valence-corrected chi connectivity index (χ1v) is 8.45. The van der Waals surface area contributed by atoms with E-state index in [1.807, 2.05) is 0 Å². The van der Waals surface area contributed by atoms with Crippen LogP contribution in [0.2, 0.25) is 0 Å². The molecule has 1 aliphatic carbocycles. The van der Waals surface area contributed by atoms with Gasteiger partial charge in [0.05, 0.1) is 12.1 Å². The number of isocyanates is 2. The fourth-order valence-electron chi connectivity index (χ4n) is 3.33. The third kappa shape index (κ3) is 7.36. The first kappa shape index (κ1) is 17.8. The van der Waals surface area contributed by atoms with Crippen LogP contribution in [0.1, 0.15) is 77.6 Å². The zero-order valence-corrected chi connectivity index (χ0v) is 13.2. The van der Waals surface area contributed by atoms with E-state index in [0.717, 1.165) is 25.7 Å². The predicted octanol–water partition coefficient (Wildman–Crippen LogP) is 4.34. The smallest absolute Gasteiger partial charge is 0.211 e. The first-order chi connectivity index (χ1) is 10.3. The highest BCUT2D eigenvalue weighted by atomic mass is 16.1.